The maximum absolute atomic E-state index is 13.4. The van der Waals surface area contributed by atoms with Crippen LogP contribution in [0.1, 0.15) is 31.5 Å². The highest BCUT2D eigenvalue weighted by Gasteiger charge is 2.38. The molecule has 1 heterocycles. The maximum Gasteiger partial charge on any atom is 0.451 e. The van der Waals surface area contributed by atoms with Crippen LogP contribution < -0.4 is 5.32 Å². The molecule has 0 aliphatic heterocycles. The molecular weight excluding hydrogens is 365 g/mol. The van der Waals surface area contributed by atoms with Crippen LogP contribution in [0.3, 0.4) is 0 Å². The van der Waals surface area contributed by atoms with Gasteiger partial charge in [0, 0.05) is 12.1 Å². The number of aromatic nitrogens is 2. The van der Waals surface area contributed by atoms with Crippen LogP contribution in [0.5, 0.6) is 0 Å². The highest BCUT2D eigenvalue weighted by molar-refractivity contribution is 6.11. The highest BCUT2D eigenvalue weighted by Crippen LogP contribution is 2.37. The molecule has 0 amide bonds. The standard InChI is InChI=1S/C21H23F3N4/c1-28(2)20(11-5-6-12-20)13-25-18-17-15-8-4-3-7-14(15)9-10-16(17)26-19(27-18)21(22,23)24/h3-4,7-10H,5-6,11-13H2,1-2H3,(H,25,26,27). The van der Waals surface area contributed by atoms with Gasteiger partial charge in [0.25, 0.3) is 0 Å². The zero-order chi connectivity index (χ0) is 19.9. The van der Waals surface area contributed by atoms with Gasteiger partial charge in [0.1, 0.15) is 5.82 Å². The molecule has 4 rings (SSSR count). The SMILES string of the molecule is CN(C)C1(CNc2nc(C(F)(F)F)nc3ccc4ccccc4c23)CCCC1. The van der Waals surface area contributed by atoms with Crippen molar-refractivity contribution in [2.24, 2.45) is 0 Å². The van der Waals surface area contributed by atoms with Gasteiger partial charge >= 0.3 is 6.18 Å². The summed E-state index contributed by atoms with van der Waals surface area (Å²) in [7, 11) is 4.06. The van der Waals surface area contributed by atoms with Crippen molar-refractivity contribution in [1.29, 1.82) is 0 Å². The summed E-state index contributed by atoms with van der Waals surface area (Å²) in [6.07, 6.45) is -0.309. The average Bonchev–Trinajstić information content (AvgIpc) is 3.15. The fourth-order valence-electron chi connectivity index (χ4n) is 4.22. The number of hydrogen-bond donors (Lipinski definition) is 1. The number of likely N-dealkylation sites (N-methyl/N-ethyl adjacent to an activating group) is 1. The molecule has 1 aliphatic rings. The Balaban J connectivity index is 1.85. The first-order chi connectivity index (χ1) is 13.3. The second kappa shape index (κ2) is 6.88. The van der Waals surface area contributed by atoms with E-state index in [2.05, 4.69) is 20.2 Å². The van der Waals surface area contributed by atoms with Crippen LogP contribution in [0.15, 0.2) is 36.4 Å². The van der Waals surface area contributed by atoms with Gasteiger partial charge in [-0.2, -0.15) is 13.2 Å². The molecule has 0 saturated heterocycles. The Kier molecular flexibility index (Phi) is 4.65. The van der Waals surface area contributed by atoms with Gasteiger partial charge < -0.3 is 10.2 Å². The Morgan fingerprint density at radius 1 is 1.04 bits per heavy atom. The number of nitrogens with one attached hydrogen (secondary N) is 1. The van der Waals surface area contributed by atoms with Crippen molar-refractivity contribution >= 4 is 27.5 Å². The predicted molar refractivity (Wildman–Crippen MR) is 105 cm³/mol. The summed E-state index contributed by atoms with van der Waals surface area (Å²) < 4.78 is 40.2. The van der Waals surface area contributed by atoms with Crippen molar-refractivity contribution < 1.29 is 13.2 Å². The first-order valence-electron chi connectivity index (χ1n) is 9.48. The van der Waals surface area contributed by atoms with Crippen molar-refractivity contribution in [2.45, 2.75) is 37.4 Å². The molecule has 0 spiro atoms. The Hall–Kier alpha value is -2.41. The molecule has 0 bridgehead atoms. The van der Waals surface area contributed by atoms with Gasteiger partial charge in [-0.3, -0.25) is 0 Å². The van der Waals surface area contributed by atoms with Crippen molar-refractivity contribution in [3.63, 3.8) is 0 Å². The van der Waals surface area contributed by atoms with Crippen LogP contribution in [0.2, 0.25) is 0 Å². The van der Waals surface area contributed by atoms with Gasteiger partial charge in [0.15, 0.2) is 0 Å². The summed E-state index contributed by atoms with van der Waals surface area (Å²) in [5.41, 5.74) is 0.231. The lowest BCUT2D eigenvalue weighted by molar-refractivity contribution is -0.144. The summed E-state index contributed by atoms with van der Waals surface area (Å²) in [5.74, 6) is -0.856. The Labute approximate surface area is 161 Å². The first kappa shape index (κ1) is 18.9. The third-order valence-corrected chi connectivity index (χ3v) is 5.91. The minimum atomic E-state index is -4.59. The normalized spacial score (nSPS) is 16.9. The number of fused-ring (bicyclic) bond motifs is 3. The van der Waals surface area contributed by atoms with Gasteiger partial charge in [-0.25, -0.2) is 9.97 Å². The average molecular weight is 388 g/mol. The van der Waals surface area contributed by atoms with Crippen molar-refractivity contribution in [1.82, 2.24) is 14.9 Å². The third-order valence-electron chi connectivity index (χ3n) is 5.91. The molecule has 1 fully saturated rings. The van der Waals surface area contributed by atoms with E-state index in [0.29, 0.717) is 17.4 Å². The van der Waals surface area contributed by atoms with Gasteiger partial charge in [-0.05, 0) is 43.8 Å². The van der Waals surface area contributed by atoms with Gasteiger partial charge in [0.2, 0.25) is 5.82 Å². The molecule has 0 atom stereocenters. The molecular formula is C21H23F3N4. The first-order valence-corrected chi connectivity index (χ1v) is 9.48. The smallest absolute Gasteiger partial charge is 0.368 e. The molecule has 3 aromatic rings. The van der Waals surface area contributed by atoms with E-state index in [0.717, 1.165) is 36.5 Å². The molecule has 1 aliphatic carbocycles. The summed E-state index contributed by atoms with van der Waals surface area (Å²) in [5, 5.41) is 5.70. The largest absolute Gasteiger partial charge is 0.451 e. The van der Waals surface area contributed by atoms with Crippen LogP contribution in [0, 0.1) is 0 Å². The van der Waals surface area contributed by atoms with Crippen molar-refractivity contribution in [2.75, 3.05) is 26.0 Å². The zero-order valence-corrected chi connectivity index (χ0v) is 16.0. The van der Waals surface area contributed by atoms with E-state index in [1.54, 1.807) is 12.1 Å². The molecule has 0 radical (unpaired) electrons. The molecule has 1 aromatic heterocycles. The third kappa shape index (κ3) is 3.28. The second-order valence-corrected chi connectivity index (χ2v) is 7.75. The molecule has 7 heteroatoms. The lowest BCUT2D eigenvalue weighted by Crippen LogP contribution is -2.47. The van der Waals surface area contributed by atoms with Crippen molar-refractivity contribution in [3.8, 4) is 0 Å². The molecule has 4 nitrogen and oxygen atoms in total. The number of nitrogens with zero attached hydrogens (tertiary/aromatic N) is 3. The Bertz CT molecular complexity index is 1010. The fraction of sp³-hybridized carbons (Fsp3) is 0.429. The van der Waals surface area contributed by atoms with E-state index in [1.807, 2.05) is 38.4 Å². The zero-order valence-electron chi connectivity index (χ0n) is 16.0. The van der Waals surface area contributed by atoms with Crippen LogP contribution in [0.4, 0.5) is 19.0 Å². The second-order valence-electron chi connectivity index (χ2n) is 7.75. The summed E-state index contributed by atoms with van der Waals surface area (Å²) in [6.45, 7) is 0.548. The number of benzene rings is 2. The molecule has 1 saturated carbocycles. The van der Waals surface area contributed by atoms with E-state index in [9.17, 15) is 13.2 Å². The number of alkyl halides is 3. The van der Waals surface area contributed by atoms with E-state index in [-0.39, 0.29) is 11.4 Å². The van der Waals surface area contributed by atoms with Crippen molar-refractivity contribution in [3.05, 3.63) is 42.2 Å². The van der Waals surface area contributed by atoms with Crippen LogP contribution >= 0.6 is 0 Å². The molecule has 148 valence electrons. The summed E-state index contributed by atoms with van der Waals surface area (Å²) in [4.78, 5) is 9.89. The highest BCUT2D eigenvalue weighted by atomic mass is 19.4. The number of rotatable bonds is 4. The lowest BCUT2D eigenvalue weighted by atomic mass is 9.96. The van der Waals surface area contributed by atoms with Crippen LogP contribution in [-0.2, 0) is 6.18 Å². The Morgan fingerprint density at radius 3 is 2.43 bits per heavy atom. The summed E-state index contributed by atoms with van der Waals surface area (Å²) >= 11 is 0. The lowest BCUT2D eigenvalue weighted by Gasteiger charge is -2.36. The summed E-state index contributed by atoms with van der Waals surface area (Å²) in [6, 6.07) is 11.1. The molecule has 1 N–H and O–H groups in total. The molecule has 28 heavy (non-hydrogen) atoms. The monoisotopic (exact) mass is 388 g/mol. The van der Waals surface area contributed by atoms with Gasteiger partial charge in [-0.15, -0.1) is 0 Å². The molecule has 2 aromatic carbocycles. The van der Waals surface area contributed by atoms with Gasteiger partial charge in [0.05, 0.1) is 10.9 Å². The van der Waals surface area contributed by atoms with E-state index >= 15 is 0 Å². The van der Waals surface area contributed by atoms with E-state index < -0.39 is 12.0 Å². The predicted octanol–water partition coefficient (Wildman–Crippen LogP) is 5.09. The minimum Gasteiger partial charge on any atom is -0.368 e. The molecule has 0 unspecified atom stereocenters. The van der Waals surface area contributed by atoms with E-state index in [4.69, 9.17) is 0 Å². The maximum atomic E-state index is 13.4. The number of hydrogen-bond acceptors (Lipinski definition) is 4. The Morgan fingerprint density at radius 2 is 1.75 bits per heavy atom. The number of halogens is 3. The minimum absolute atomic E-state index is 0.0692. The van der Waals surface area contributed by atoms with E-state index in [1.165, 1.54) is 0 Å². The van der Waals surface area contributed by atoms with Gasteiger partial charge in [-0.1, -0.05) is 43.2 Å². The fourth-order valence-corrected chi connectivity index (χ4v) is 4.22. The van der Waals surface area contributed by atoms with Crippen LogP contribution in [0.25, 0.3) is 21.7 Å². The number of anilines is 1. The topological polar surface area (TPSA) is 41.0 Å². The quantitative estimate of drug-likeness (QED) is 0.632. The van der Waals surface area contributed by atoms with Crippen LogP contribution in [-0.4, -0.2) is 41.0 Å².